The van der Waals surface area contributed by atoms with E-state index in [0.717, 1.165) is 19.3 Å². The minimum absolute atomic E-state index is 0.0995. The van der Waals surface area contributed by atoms with Crippen molar-refractivity contribution in [2.75, 3.05) is 5.32 Å². The fourth-order valence-corrected chi connectivity index (χ4v) is 2.11. The molecule has 0 aliphatic rings. The molecule has 0 saturated carbocycles. The largest absolute Gasteiger partial charge is 0.421 e. The summed E-state index contributed by atoms with van der Waals surface area (Å²) in [6.45, 7) is 5.62. The third-order valence-corrected chi connectivity index (χ3v) is 3.43. The molecule has 118 valence electrons. The van der Waals surface area contributed by atoms with Crippen molar-refractivity contribution in [2.45, 2.75) is 40.0 Å². The van der Waals surface area contributed by atoms with Gasteiger partial charge in [0.2, 0.25) is 17.7 Å². The predicted molar refractivity (Wildman–Crippen MR) is 81.7 cm³/mol. The summed E-state index contributed by atoms with van der Waals surface area (Å²) >= 11 is 0. The molecule has 0 bridgehead atoms. The van der Waals surface area contributed by atoms with Gasteiger partial charge in [-0.2, -0.15) is 0 Å². The van der Waals surface area contributed by atoms with Crippen molar-refractivity contribution in [1.82, 2.24) is 10.2 Å². The predicted octanol–water partition coefficient (Wildman–Crippen LogP) is 3.95. The second kappa shape index (κ2) is 7.15. The van der Waals surface area contributed by atoms with Crippen molar-refractivity contribution in [3.05, 3.63) is 29.9 Å². The molecule has 1 heterocycles. The van der Waals surface area contributed by atoms with Gasteiger partial charge in [-0.1, -0.05) is 26.7 Å². The maximum Gasteiger partial charge on any atom is 0.249 e. The third-order valence-electron chi connectivity index (χ3n) is 3.43. The van der Waals surface area contributed by atoms with Crippen molar-refractivity contribution in [2.24, 2.45) is 5.92 Å². The molecule has 22 heavy (non-hydrogen) atoms. The average molecular weight is 305 g/mol. The molecule has 0 aliphatic carbocycles. The monoisotopic (exact) mass is 305 g/mol. The maximum atomic E-state index is 13.5. The fourth-order valence-electron chi connectivity index (χ4n) is 2.11. The van der Waals surface area contributed by atoms with Gasteiger partial charge >= 0.3 is 0 Å². The Morgan fingerprint density at radius 2 is 2.18 bits per heavy atom. The van der Waals surface area contributed by atoms with E-state index in [1.807, 2.05) is 6.92 Å². The van der Waals surface area contributed by atoms with Gasteiger partial charge in [0.15, 0.2) is 0 Å². The van der Waals surface area contributed by atoms with Gasteiger partial charge in [0.05, 0.1) is 11.3 Å². The number of nitrogens with zero attached hydrogens (tertiary/aromatic N) is 2. The Labute approximate surface area is 128 Å². The number of aryl methyl sites for hydroxylation is 1. The standard InChI is InChI=1S/C16H20FN3O2/c1-4-5-6-10(2)15(21)18-14-8-7-12(17)9-13(14)16-20-19-11(3)22-16/h7-10H,4-6H2,1-3H3,(H,18,21)/t10-/m0/s1. The lowest BCUT2D eigenvalue weighted by Gasteiger charge is -2.13. The molecular weight excluding hydrogens is 285 g/mol. The van der Waals surface area contributed by atoms with Gasteiger partial charge in [0, 0.05) is 12.8 Å². The number of carbonyl (C=O) groups is 1. The topological polar surface area (TPSA) is 68.0 Å². The number of nitrogens with one attached hydrogen (secondary N) is 1. The van der Waals surface area contributed by atoms with Crippen LogP contribution in [0, 0.1) is 18.7 Å². The minimum atomic E-state index is -0.428. The summed E-state index contributed by atoms with van der Waals surface area (Å²) in [7, 11) is 0. The smallest absolute Gasteiger partial charge is 0.249 e. The molecule has 0 fully saturated rings. The zero-order valence-corrected chi connectivity index (χ0v) is 13.0. The molecule has 1 atom stereocenters. The maximum absolute atomic E-state index is 13.5. The summed E-state index contributed by atoms with van der Waals surface area (Å²) in [5, 5.41) is 10.4. The van der Waals surface area contributed by atoms with Crippen molar-refractivity contribution in [3.63, 3.8) is 0 Å². The van der Waals surface area contributed by atoms with Crippen LogP contribution in [0.3, 0.4) is 0 Å². The van der Waals surface area contributed by atoms with Crippen LogP contribution in [-0.4, -0.2) is 16.1 Å². The summed E-state index contributed by atoms with van der Waals surface area (Å²) in [4.78, 5) is 12.2. The molecule has 0 aliphatic heterocycles. The SMILES string of the molecule is CCCC[C@H](C)C(=O)Nc1ccc(F)cc1-c1nnc(C)o1. The molecule has 6 heteroatoms. The molecule has 0 unspecified atom stereocenters. The Kier molecular flexibility index (Phi) is 5.25. The molecule has 0 saturated heterocycles. The van der Waals surface area contributed by atoms with Gasteiger partial charge < -0.3 is 9.73 Å². The summed E-state index contributed by atoms with van der Waals surface area (Å²) in [6, 6.07) is 4.08. The van der Waals surface area contributed by atoms with Gasteiger partial charge in [0.25, 0.3) is 0 Å². The minimum Gasteiger partial charge on any atom is -0.421 e. The van der Waals surface area contributed by atoms with Gasteiger partial charge in [0.1, 0.15) is 5.82 Å². The summed E-state index contributed by atoms with van der Waals surface area (Å²) in [5.41, 5.74) is 0.857. The van der Waals surface area contributed by atoms with E-state index in [2.05, 4.69) is 22.4 Å². The van der Waals surface area contributed by atoms with Gasteiger partial charge in [-0.05, 0) is 24.6 Å². The molecule has 1 aromatic carbocycles. The summed E-state index contributed by atoms with van der Waals surface area (Å²) in [5.74, 6) is -0.0657. The summed E-state index contributed by atoms with van der Waals surface area (Å²) in [6.07, 6.45) is 2.85. The van der Waals surface area contributed by atoms with E-state index in [-0.39, 0.29) is 17.7 Å². The van der Waals surface area contributed by atoms with Crippen molar-refractivity contribution < 1.29 is 13.6 Å². The molecule has 0 spiro atoms. The van der Waals surface area contributed by atoms with Crippen LogP contribution in [0.4, 0.5) is 10.1 Å². The average Bonchev–Trinajstić information content (AvgIpc) is 2.92. The van der Waals surface area contributed by atoms with Gasteiger partial charge in [-0.3, -0.25) is 4.79 Å². The zero-order valence-electron chi connectivity index (χ0n) is 13.0. The van der Waals surface area contributed by atoms with E-state index >= 15 is 0 Å². The lowest BCUT2D eigenvalue weighted by Crippen LogP contribution is -2.20. The lowest BCUT2D eigenvalue weighted by atomic mass is 10.0. The van der Waals surface area contributed by atoms with Crippen LogP contribution in [0.25, 0.3) is 11.5 Å². The van der Waals surface area contributed by atoms with Crippen LogP contribution in [-0.2, 0) is 4.79 Å². The van der Waals surface area contributed by atoms with Gasteiger partial charge in [-0.25, -0.2) is 4.39 Å². The number of unbranched alkanes of at least 4 members (excludes halogenated alkanes) is 1. The Hall–Kier alpha value is -2.24. The van der Waals surface area contributed by atoms with Crippen LogP contribution >= 0.6 is 0 Å². The lowest BCUT2D eigenvalue weighted by molar-refractivity contribution is -0.119. The first kappa shape index (κ1) is 16.1. The number of aromatic nitrogens is 2. The molecule has 2 aromatic rings. The second-order valence-electron chi connectivity index (χ2n) is 5.35. The van der Waals surface area contributed by atoms with E-state index < -0.39 is 5.82 Å². The first-order valence-electron chi connectivity index (χ1n) is 7.42. The Bertz CT molecular complexity index is 655. The quantitative estimate of drug-likeness (QED) is 0.877. The highest BCUT2D eigenvalue weighted by atomic mass is 19.1. The van der Waals surface area contributed by atoms with E-state index in [9.17, 15) is 9.18 Å². The Balaban J connectivity index is 2.22. The van der Waals surface area contributed by atoms with E-state index in [1.54, 1.807) is 6.92 Å². The molecule has 1 amide bonds. The van der Waals surface area contributed by atoms with Crippen molar-refractivity contribution in [3.8, 4) is 11.5 Å². The van der Waals surface area contributed by atoms with E-state index in [1.165, 1.54) is 18.2 Å². The Morgan fingerprint density at radius 3 is 2.82 bits per heavy atom. The van der Waals surface area contributed by atoms with Crippen LogP contribution in [0.1, 0.15) is 39.0 Å². The van der Waals surface area contributed by atoms with E-state index in [0.29, 0.717) is 17.1 Å². The second-order valence-corrected chi connectivity index (χ2v) is 5.35. The number of halogens is 1. The molecule has 1 aromatic heterocycles. The first-order chi connectivity index (χ1) is 10.5. The number of rotatable bonds is 6. The molecular formula is C16H20FN3O2. The van der Waals surface area contributed by atoms with Crippen molar-refractivity contribution in [1.29, 1.82) is 0 Å². The number of carbonyl (C=O) groups excluding carboxylic acids is 1. The van der Waals surface area contributed by atoms with Crippen molar-refractivity contribution >= 4 is 11.6 Å². The third kappa shape index (κ3) is 3.90. The number of amides is 1. The van der Waals surface area contributed by atoms with E-state index in [4.69, 9.17) is 4.42 Å². The fraction of sp³-hybridized carbons (Fsp3) is 0.438. The number of hydrogen-bond acceptors (Lipinski definition) is 4. The first-order valence-corrected chi connectivity index (χ1v) is 7.42. The number of hydrogen-bond donors (Lipinski definition) is 1. The zero-order chi connectivity index (χ0) is 16.1. The van der Waals surface area contributed by atoms with Crippen LogP contribution in [0.2, 0.25) is 0 Å². The van der Waals surface area contributed by atoms with Crippen LogP contribution < -0.4 is 5.32 Å². The summed E-state index contributed by atoms with van der Waals surface area (Å²) < 4.78 is 18.8. The Morgan fingerprint density at radius 1 is 1.41 bits per heavy atom. The molecule has 5 nitrogen and oxygen atoms in total. The highest BCUT2D eigenvalue weighted by Gasteiger charge is 2.17. The number of benzene rings is 1. The highest BCUT2D eigenvalue weighted by Crippen LogP contribution is 2.28. The highest BCUT2D eigenvalue weighted by molar-refractivity contribution is 5.95. The van der Waals surface area contributed by atoms with Crippen LogP contribution in [0.5, 0.6) is 0 Å². The number of anilines is 1. The molecule has 2 rings (SSSR count). The van der Waals surface area contributed by atoms with Crippen LogP contribution in [0.15, 0.2) is 22.6 Å². The van der Waals surface area contributed by atoms with Gasteiger partial charge in [-0.15, -0.1) is 10.2 Å². The molecule has 0 radical (unpaired) electrons. The molecule has 1 N–H and O–H groups in total. The normalized spacial score (nSPS) is 12.2.